The van der Waals surface area contributed by atoms with E-state index in [-0.39, 0.29) is 0 Å². The van der Waals surface area contributed by atoms with Gasteiger partial charge in [-0.1, -0.05) is 30.3 Å². The molecule has 0 saturated carbocycles. The van der Waals surface area contributed by atoms with E-state index in [0.717, 1.165) is 23.5 Å². The summed E-state index contributed by atoms with van der Waals surface area (Å²) in [4.78, 5) is 0. The lowest BCUT2D eigenvalue weighted by atomic mass is 10.2. The van der Waals surface area contributed by atoms with Gasteiger partial charge in [-0.2, -0.15) is 0 Å². The highest BCUT2D eigenvalue weighted by molar-refractivity contribution is 5.41. The average molecular weight is 272 g/mol. The number of methoxy groups -OCH3 is 1. The van der Waals surface area contributed by atoms with Gasteiger partial charge in [0.05, 0.1) is 6.61 Å². The van der Waals surface area contributed by atoms with Gasteiger partial charge in [-0.25, -0.2) is 5.43 Å². The predicted molar refractivity (Wildman–Crippen MR) is 80.7 cm³/mol. The molecule has 106 valence electrons. The van der Waals surface area contributed by atoms with Crippen LogP contribution in [0.15, 0.2) is 54.6 Å². The van der Waals surface area contributed by atoms with Crippen molar-refractivity contribution in [1.29, 1.82) is 0 Å². The van der Waals surface area contributed by atoms with Crippen LogP contribution in [0.2, 0.25) is 0 Å². The maximum atomic E-state index is 5.58. The molecule has 0 spiro atoms. The summed E-state index contributed by atoms with van der Waals surface area (Å²) < 4.78 is 10.5. The number of ether oxygens (including phenoxy) is 2. The van der Waals surface area contributed by atoms with E-state index in [4.69, 9.17) is 9.47 Å². The Morgan fingerprint density at radius 3 is 2.60 bits per heavy atom. The zero-order valence-electron chi connectivity index (χ0n) is 11.6. The van der Waals surface area contributed by atoms with E-state index in [9.17, 15) is 0 Å². The van der Waals surface area contributed by atoms with Crippen LogP contribution >= 0.6 is 0 Å². The number of para-hydroxylation sites is 1. The van der Waals surface area contributed by atoms with Crippen LogP contribution in [-0.4, -0.2) is 20.3 Å². The third-order valence-electron chi connectivity index (χ3n) is 2.75. The normalized spacial score (nSPS) is 10.2. The Kier molecular flexibility index (Phi) is 5.89. The van der Waals surface area contributed by atoms with E-state index in [1.54, 1.807) is 7.11 Å². The minimum atomic E-state index is 0.565. The van der Waals surface area contributed by atoms with Gasteiger partial charge in [0.25, 0.3) is 0 Å². The van der Waals surface area contributed by atoms with Crippen LogP contribution in [-0.2, 0) is 11.3 Å². The lowest BCUT2D eigenvalue weighted by Crippen LogP contribution is -2.20. The number of hydrogen-bond donors (Lipinski definition) is 2. The summed E-state index contributed by atoms with van der Waals surface area (Å²) in [5, 5.41) is 0. The Labute approximate surface area is 119 Å². The van der Waals surface area contributed by atoms with Crippen molar-refractivity contribution in [2.24, 2.45) is 0 Å². The monoisotopic (exact) mass is 272 g/mol. The molecule has 0 aliphatic heterocycles. The summed E-state index contributed by atoms with van der Waals surface area (Å²) in [6, 6.07) is 18.0. The van der Waals surface area contributed by atoms with Crippen LogP contribution in [0.3, 0.4) is 0 Å². The molecule has 20 heavy (non-hydrogen) atoms. The van der Waals surface area contributed by atoms with Gasteiger partial charge in [-0.3, -0.25) is 0 Å². The van der Waals surface area contributed by atoms with Crippen molar-refractivity contribution in [3.63, 3.8) is 0 Å². The largest absolute Gasteiger partial charge is 0.491 e. The Bertz CT molecular complexity index is 503. The molecule has 0 amide bonds. The molecule has 0 unspecified atom stereocenters. The van der Waals surface area contributed by atoms with Gasteiger partial charge >= 0.3 is 0 Å². The lowest BCUT2D eigenvalue weighted by Gasteiger charge is -2.10. The smallest absolute Gasteiger partial charge is 0.119 e. The zero-order chi connectivity index (χ0) is 14.0. The van der Waals surface area contributed by atoms with Gasteiger partial charge in [0.15, 0.2) is 0 Å². The van der Waals surface area contributed by atoms with Gasteiger partial charge < -0.3 is 14.9 Å². The molecule has 2 aromatic rings. The number of hydrazine groups is 1. The molecule has 0 aliphatic rings. The van der Waals surface area contributed by atoms with Crippen LogP contribution in [0, 0.1) is 0 Å². The van der Waals surface area contributed by atoms with Gasteiger partial charge in [0.2, 0.25) is 0 Å². The van der Waals surface area contributed by atoms with E-state index < -0.39 is 0 Å². The highest BCUT2D eigenvalue weighted by Crippen LogP contribution is 2.13. The fraction of sp³-hybridized carbons (Fsp3) is 0.250. The Hall–Kier alpha value is -2.04. The minimum Gasteiger partial charge on any atom is -0.491 e. The van der Waals surface area contributed by atoms with Crippen molar-refractivity contribution in [2.45, 2.75) is 6.54 Å². The molecule has 4 heteroatoms. The topological polar surface area (TPSA) is 42.5 Å². The van der Waals surface area contributed by atoms with Crippen molar-refractivity contribution in [3.05, 3.63) is 60.2 Å². The average Bonchev–Trinajstić information content (AvgIpc) is 2.49. The number of rotatable bonds is 8. The maximum Gasteiger partial charge on any atom is 0.119 e. The summed E-state index contributed by atoms with van der Waals surface area (Å²) >= 11 is 0. The fourth-order valence-corrected chi connectivity index (χ4v) is 1.76. The standard InChI is InChI=1S/C16H20N2O2/c1-19-10-11-20-16-9-5-6-14(12-16)13-17-18-15-7-3-2-4-8-15/h2-9,12,17-18H,10-11,13H2,1H3. The molecular weight excluding hydrogens is 252 g/mol. The SMILES string of the molecule is COCCOc1cccc(CNNc2ccccc2)c1. The van der Waals surface area contributed by atoms with Crippen molar-refractivity contribution in [1.82, 2.24) is 5.43 Å². The Balaban J connectivity index is 1.79. The van der Waals surface area contributed by atoms with E-state index in [2.05, 4.69) is 16.9 Å². The second-order valence-electron chi connectivity index (χ2n) is 4.33. The first kappa shape index (κ1) is 14.4. The molecule has 4 nitrogen and oxygen atoms in total. The van der Waals surface area contributed by atoms with Crippen LogP contribution in [0.4, 0.5) is 5.69 Å². The van der Waals surface area contributed by atoms with Crippen LogP contribution < -0.4 is 15.6 Å². The first-order valence-electron chi connectivity index (χ1n) is 6.63. The second kappa shape index (κ2) is 8.19. The quantitative estimate of drug-likeness (QED) is 0.573. The van der Waals surface area contributed by atoms with Gasteiger partial charge in [-0.15, -0.1) is 0 Å². The zero-order valence-corrected chi connectivity index (χ0v) is 11.6. The van der Waals surface area contributed by atoms with E-state index in [1.165, 1.54) is 0 Å². The lowest BCUT2D eigenvalue weighted by molar-refractivity contribution is 0.146. The van der Waals surface area contributed by atoms with Gasteiger partial charge in [0, 0.05) is 19.3 Å². The molecule has 0 saturated heterocycles. The predicted octanol–water partition coefficient (Wildman–Crippen LogP) is 2.83. The molecule has 2 aromatic carbocycles. The van der Waals surface area contributed by atoms with Crippen molar-refractivity contribution >= 4 is 5.69 Å². The van der Waals surface area contributed by atoms with Gasteiger partial charge in [0.1, 0.15) is 12.4 Å². The highest BCUT2D eigenvalue weighted by atomic mass is 16.5. The molecule has 2 rings (SSSR count). The van der Waals surface area contributed by atoms with Crippen LogP contribution in [0.5, 0.6) is 5.75 Å². The van der Waals surface area contributed by atoms with E-state index in [1.807, 2.05) is 48.5 Å². The highest BCUT2D eigenvalue weighted by Gasteiger charge is 1.97. The summed E-state index contributed by atoms with van der Waals surface area (Å²) in [6.45, 7) is 1.88. The third kappa shape index (κ3) is 4.91. The van der Waals surface area contributed by atoms with Crippen molar-refractivity contribution in [3.8, 4) is 5.75 Å². The van der Waals surface area contributed by atoms with Crippen molar-refractivity contribution in [2.75, 3.05) is 25.7 Å². The first-order valence-corrected chi connectivity index (χ1v) is 6.63. The van der Waals surface area contributed by atoms with Crippen LogP contribution in [0.1, 0.15) is 5.56 Å². The first-order chi connectivity index (χ1) is 9.88. The molecule has 0 radical (unpaired) electrons. The van der Waals surface area contributed by atoms with E-state index in [0.29, 0.717) is 13.2 Å². The molecule has 0 fully saturated rings. The molecule has 0 aromatic heterocycles. The molecule has 0 aliphatic carbocycles. The summed E-state index contributed by atoms with van der Waals surface area (Å²) in [6.07, 6.45) is 0. The number of anilines is 1. The molecule has 2 N–H and O–H groups in total. The molecule has 0 bridgehead atoms. The third-order valence-corrected chi connectivity index (χ3v) is 2.75. The summed E-state index contributed by atoms with van der Waals surface area (Å²) in [7, 11) is 1.67. The number of nitrogens with one attached hydrogen (secondary N) is 2. The molecule has 0 atom stereocenters. The van der Waals surface area contributed by atoms with E-state index >= 15 is 0 Å². The second-order valence-corrected chi connectivity index (χ2v) is 4.33. The summed E-state index contributed by atoms with van der Waals surface area (Å²) in [5.41, 5.74) is 8.53. The van der Waals surface area contributed by atoms with Gasteiger partial charge in [-0.05, 0) is 29.8 Å². The number of hydrogen-bond acceptors (Lipinski definition) is 4. The number of benzene rings is 2. The minimum absolute atomic E-state index is 0.565. The molecular formula is C16H20N2O2. The Morgan fingerprint density at radius 1 is 0.950 bits per heavy atom. The van der Waals surface area contributed by atoms with Crippen molar-refractivity contribution < 1.29 is 9.47 Å². The molecule has 0 heterocycles. The maximum absolute atomic E-state index is 5.58. The van der Waals surface area contributed by atoms with Crippen LogP contribution in [0.25, 0.3) is 0 Å². The summed E-state index contributed by atoms with van der Waals surface area (Å²) in [5.74, 6) is 0.862. The fourth-order valence-electron chi connectivity index (χ4n) is 1.76. The Morgan fingerprint density at radius 2 is 1.80 bits per heavy atom.